The molecule has 0 saturated heterocycles. The molecule has 0 saturated carbocycles. The van der Waals surface area contributed by atoms with Crippen molar-refractivity contribution in [3.63, 3.8) is 0 Å². The molecule has 2 N–H and O–H groups in total. The van der Waals surface area contributed by atoms with Crippen LogP contribution in [0.3, 0.4) is 0 Å². The van der Waals surface area contributed by atoms with Crippen LogP contribution >= 0.6 is 0 Å². The second-order valence-electron chi connectivity index (χ2n) is 6.40. The number of carbonyl (C=O) groups is 1. The van der Waals surface area contributed by atoms with E-state index in [4.69, 9.17) is 15.2 Å². The van der Waals surface area contributed by atoms with Crippen LogP contribution in [0.5, 0.6) is 11.5 Å². The molecule has 0 aliphatic rings. The van der Waals surface area contributed by atoms with Crippen molar-refractivity contribution < 1.29 is 14.3 Å². The summed E-state index contributed by atoms with van der Waals surface area (Å²) >= 11 is 0. The maximum atomic E-state index is 12.1. The highest BCUT2D eigenvalue weighted by molar-refractivity contribution is 5.98. The molecule has 5 nitrogen and oxygen atoms in total. The molecular weight excluding hydrogens is 340 g/mol. The summed E-state index contributed by atoms with van der Waals surface area (Å²) in [6, 6.07) is 15.8. The Morgan fingerprint density at radius 3 is 2.30 bits per heavy atom. The Hall–Kier alpha value is -3.21. The van der Waals surface area contributed by atoms with E-state index < -0.39 is 5.91 Å². The van der Waals surface area contributed by atoms with Crippen LogP contribution in [0.25, 0.3) is 11.3 Å². The zero-order chi connectivity index (χ0) is 19.6. The highest BCUT2D eigenvalue weighted by Gasteiger charge is 2.23. The van der Waals surface area contributed by atoms with Crippen molar-refractivity contribution in [1.29, 1.82) is 0 Å². The summed E-state index contributed by atoms with van der Waals surface area (Å²) in [4.78, 5) is 12.1. The highest BCUT2D eigenvalue weighted by Crippen LogP contribution is 2.35. The summed E-state index contributed by atoms with van der Waals surface area (Å²) in [6.45, 7) is 4.39. The Morgan fingerprint density at radius 2 is 1.70 bits per heavy atom. The number of nitrogens with zero attached hydrogens (tertiary/aromatic N) is 1. The van der Waals surface area contributed by atoms with E-state index >= 15 is 0 Å². The standard InChI is InChI=1S/C22H24N2O3/c1-14-19(22(23)25)15(2)24(20(14)16-9-6-5-7-10-16)13-17-11-8-12-18(26-3)21(17)27-4/h5-12H,13H2,1-4H3,(H2,23,25). The van der Waals surface area contributed by atoms with E-state index in [0.29, 0.717) is 23.6 Å². The number of hydrogen-bond acceptors (Lipinski definition) is 3. The van der Waals surface area contributed by atoms with Gasteiger partial charge in [-0.2, -0.15) is 0 Å². The summed E-state index contributed by atoms with van der Waals surface area (Å²) in [5, 5.41) is 0. The lowest BCUT2D eigenvalue weighted by molar-refractivity contribution is 0.0999. The third-order valence-corrected chi connectivity index (χ3v) is 4.87. The van der Waals surface area contributed by atoms with E-state index in [-0.39, 0.29) is 0 Å². The van der Waals surface area contributed by atoms with Crippen LogP contribution in [0, 0.1) is 13.8 Å². The number of amides is 1. The molecule has 0 fully saturated rings. The fourth-order valence-corrected chi connectivity index (χ4v) is 3.67. The predicted molar refractivity (Wildman–Crippen MR) is 107 cm³/mol. The van der Waals surface area contributed by atoms with Crippen molar-refractivity contribution >= 4 is 5.91 Å². The van der Waals surface area contributed by atoms with Crippen LogP contribution < -0.4 is 15.2 Å². The van der Waals surface area contributed by atoms with Gasteiger partial charge in [-0.3, -0.25) is 4.79 Å². The maximum Gasteiger partial charge on any atom is 0.250 e. The van der Waals surface area contributed by atoms with Crippen molar-refractivity contribution in [1.82, 2.24) is 4.57 Å². The average molecular weight is 364 g/mol. The number of ether oxygens (including phenoxy) is 2. The average Bonchev–Trinajstić information content (AvgIpc) is 2.92. The molecule has 3 rings (SSSR count). The Morgan fingerprint density at radius 1 is 1.00 bits per heavy atom. The number of carbonyl (C=O) groups excluding carboxylic acids is 1. The third kappa shape index (κ3) is 3.28. The highest BCUT2D eigenvalue weighted by atomic mass is 16.5. The first kappa shape index (κ1) is 18.6. The number of nitrogens with two attached hydrogens (primary N) is 1. The van der Waals surface area contributed by atoms with Gasteiger partial charge in [0.1, 0.15) is 0 Å². The molecule has 1 aromatic heterocycles. The van der Waals surface area contributed by atoms with Crippen LogP contribution in [0.2, 0.25) is 0 Å². The Labute approximate surface area is 159 Å². The first-order valence-corrected chi connectivity index (χ1v) is 8.74. The van der Waals surface area contributed by atoms with Crippen molar-refractivity contribution in [2.45, 2.75) is 20.4 Å². The van der Waals surface area contributed by atoms with Gasteiger partial charge in [-0.15, -0.1) is 0 Å². The zero-order valence-electron chi connectivity index (χ0n) is 16.1. The molecule has 2 aromatic carbocycles. The molecular formula is C22H24N2O3. The predicted octanol–water partition coefficient (Wildman–Crippen LogP) is 3.94. The molecule has 1 heterocycles. The van der Waals surface area contributed by atoms with Crippen LogP contribution in [0.4, 0.5) is 0 Å². The first-order valence-electron chi connectivity index (χ1n) is 8.74. The molecule has 0 unspecified atom stereocenters. The van der Waals surface area contributed by atoms with E-state index in [9.17, 15) is 4.79 Å². The monoisotopic (exact) mass is 364 g/mol. The van der Waals surface area contributed by atoms with Crippen LogP contribution in [0.15, 0.2) is 48.5 Å². The van der Waals surface area contributed by atoms with E-state index in [1.165, 1.54) is 0 Å². The van der Waals surface area contributed by atoms with Gasteiger partial charge in [-0.05, 0) is 31.0 Å². The number of benzene rings is 2. The summed E-state index contributed by atoms with van der Waals surface area (Å²) in [7, 11) is 3.25. The molecule has 0 radical (unpaired) electrons. The Balaban J connectivity index is 2.22. The smallest absolute Gasteiger partial charge is 0.250 e. The number of para-hydroxylation sites is 1. The van der Waals surface area contributed by atoms with E-state index in [2.05, 4.69) is 4.57 Å². The van der Waals surface area contributed by atoms with E-state index in [1.807, 2.05) is 62.4 Å². The minimum Gasteiger partial charge on any atom is -0.493 e. The Kier molecular flexibility index (Phi) is 5.21. The van der Waals surface area contributed by atoms with E-state index in [1.54, 1.807) is 14.2 Å². The van der Waals surface area contributed by atoms with Gasteiger partial charge in [-0.1, -0.05) is 42.5 Å². The van der Waals surface area contributed by atoms with Crippen LogP contribution in [0.1, 0.15) is 27.2 Å². The van der Waals surface area contributed by atoms with Gasteiger partial charge in [0.15, 0.2) is 11.5 Å². The maximum absolute atomic E-state index is 12.1. The van der Waals surface area contributed by atoms with Crippen molar-refractivity contribution in [3.8, 4) is 22.8 Å². The molecule has 0 atom stereocenters. The van der Waals surface area contributed by atoms with Crippen molar-refractivity contribution in [2.24, 2.45) is 5.73 Å². The lowest BCUT2D eigenvalue weighted by atomic mass is 10.0. The molecule has 5 heteroatoms. The van der Waals surface area contributed by atoms with Crippen LogP contribution in [-0.2, 0) is 6.54 Å². The van der Waals surface area contributed by atoms with Gasteiger partial charge in [0.25, 0.3) is 5.91 Å². The van der Waals surface area contributed by atoms with E-state index in [0.717, 1.165) is 28.1 Å². The molecule has 3 aromatic rings. The zero-order valence-corrected chi connectivity index (χ0v) is 16.1. The Bertz CT molecular complexity index is 975. The van der Waals surface area contributed by atoms with Gasteiger partial charge in [-0.25, -0.2) is 0 Å². The van der Waals surface area contributed by atoms with Gasteiger partial charge in [0, 0.05) is 11.3 Å². The first-order chi connectivity index (χ1) is 13.0. The summed E-state index contributed by atoms with van der Waals surface area (Å²) < 4.78 is 13.1. The summed E-state index contributed by atoms with van der Waals surface area (Å²) in [6.07, 6.45) is 0. The molecule has 0 aliphatic heterocycles. The lowest BCUT2D eigenvalue weighted by Crippen LogP contribution is -2.13. The normalized spacial score (nSPS) is 10.7. The molecule has 0 aliphatic carbocycles. The van der Waals surface area contributed by atoms with Gasteiger partial charge >= 0.3 is 0 Å². The summed E-state index contributed by atoms with van der Waals surface area (Å²) in [5.41, 5.74) is 10.9. The quantitative estimate of drug-likeness (QED) is 0.720. The fourth-order valence-electron chi connectivity index (χ4n) is 3.67. The fraction of sp³-hybridized carbons (Fsp3) is 0.227. The van der Waals surface area contributed by atoms with Gasteiger partial charge in [0.05, 0.1) is 32.0 Å². The number of primary amides is 1. The minimum absolute atomic E-state index is 0.418. The topological polar surface area (TPSA) is 66.5 Å². The molecule has 1 amide bonds. The van der Waals surface area contributed by atoms with Crippen molar-refractivity contribution in [2.75, 3.05) is 14.2 Å². The lowest BCUT2D eigenvalue weighted by Gasteiger charge is -2.17. The van der Waals surface area contributed by atoms with Crippen molar-refractivity contribution in [3.05, 3.63) is 70.9 Å². The molecule has 0 spiro atoms. The second kappa shape index (κ2) is 7.58. The number of hydrogen-bond donors (Lipinski definition) is 1. The third-order valence-electron chi connectivity index (χ3n) is 4.87. The SMILES string of the molecule is COc1cccc(Cn2c(C)c(C(N)=O)c(C)c2-c2ccccc2)c1OC. The molecule has 140 valence electrons. The number of rotatable bonds is 6. The number of aromatic nitrogens is 1. The van der Waals surface area contributed by atoms with Gasteiger partial charge in [0.2, 0.25) is 0 Å². The molecule has 27 heavy (non-hydrogen) atoms. The molecule has 0 bridgehead atoms. The summed E-state index contributed by atoms with van der Waals surface area (Å²) in [5.74, 6) is 0.942. The minimum atomic E-state index is -0.418. The number of methoxy groups -OCH3 is 2. The largest absolute Gasteiger partial charge is 0.493 e. The van der Waals surface area contributed by atoms with Gasteiger partial charge < -0.3 is 19.8 Å². The second-order valence-corrected chi connectivity index (χ2v) is 6.40. The van der Waals surface area contributed by atoms with Crippen LogP contribution in [-0.4, -0.2) is 24.7 Å².